The van der Waals surface area contributed by atoms with Crippen LogP contribution in [0.25, 0.3) is 0 Å². The molecule has 2 heteroatoms. The first-order valence-electron chi connectivity index (χ1n) is 6.80. The Balaban J connectivity index is 2.19. The van der Waals surface area contributed by atoms with Crippen molar-refractivity contribution in [1.82, 2.24) is 4.90 Å². The van der Waals surface area contributed by atoms with E-state index in [0.717, 1.165) is 13.1 Å². The molecule has 1 atom stereocenters. The lowest BCUT2D eigenvalue weighted by molar-refractivity contribution is 0.295. The van der Waals surface area contributed by atoms with Crippen LogP contribution < -0.4 is 5.32 Å². The van der Waals surface area contributed by atoms with Crippen LogP contribution in [-0.2, 0) is 0 Å². The standard InChI is InChI=1S/C15H26N2/c1-4-17(5-2)13-9-10-14(3)16-15-11-7-6-8-12-15/h6-8,11-12,14,16H,4-5,9-10,13H2,1-3H3. The lowest BCUT2D eigenvalue weighted by Crippen LogP contribution is -2.25. The number of nitrogens with one attached hydrogen (secondary N) is 1. The van der Waals surface area contributed by atoms with Gasteiger partial charge in [-0.1, -0.05) is 32.0 Å². The second-order valence-corrected chi connectivity index (χ2v) is 4.58. The molecular weight excluding hydrogens is 208 g/mol. The number of nitrogens with zero attached hydrogens (tertiary/aromatic N) is 1. The molecule has 0 heterocycles. The van der Waals surface area contributed by atoms with Crippen molar-refractivity contribution in [2.24, 2.45) is 0 Å². The molecule has 17 heavy (non-hydrogen) atoms. The van der Waals surface area contributed by atoms with E-state index < -0.39 is 0 Å². The van der Waals surface area contributed by atoms with Crippen LogP contribution in [0.4, 0.5) is 5.69 Å². The third-order valence-corrected chi connectivity index (χ3v) is 3.19. The van der Waals surface area contributed by atoms with E-state index in [1.807, 2.05) is 0 Å². The fourth-order valence-corrected chi connectivity index (χ4v) is 2.05. The van der Waals surface area contributed by atoms with Gasteiger partial charge in [0, 0.05) is 11.7 Å². The van der Waals surface area contributed by atoms with Crippen LogP contribution >= 0.6 is 0 Å². The smallest absolute Gasteiger partial charge is 0.0342 e. The normalized spacial score (nSPS) is 12.7. The van der Waals surface area contributed by atoms with Gasteiger partial charge in [-0.05, 0) is 51.5 Å². The van der Waals surface area contributed by atoms with Crippen LogP contribution in [0.2, 0.25) is 0 Å². The van der Waals surface area contributed by atoms with Crippen LogP contribution in [-0.4, -0.2) is 30.6 Å². The molecule has 0 aliphatic heterocycles. The first kappa shape index (κ1) is 14.0. The molecule has 0 radical (unpaired) electrons. The molecule has 0 aliphatic rings. The Labute approximate surface area is 106 Å². The van der Waals surface area contributed by atoms with Gasteiger partial charge in [-0.25, -0.2) is 0 Å². The van der Waals surface area contributed by atoms with Crippen molar-refractivity contribution in [2.45, 2.75) is 39.7 Å². The van der Waals surface area contributed by atoms with Gasteiger partial charge in [0.25, 0.3) is 0 Å². The SMILES string of the molecule is CCN(CC)CCCC(C)Nc1ccccc1. The van der Waals surface area contributed by atoms with Crippen molar-refractivity contribution in [1.29, 1.82) is 0 Å². The fraction of sp³-hybridized carbons (Fsp3) is 0.600. The van der Waals surface area contributed by atoms with Gasteiger partial charge < -0.3 is 10.2 Å². The van der Waals surface area contributed by atoms with Gasteiger partial charge in [0.1, 0.15) is 0 Å². The van der Waals surface area contributed by atoms with Crippen LogP contribution in [0.5, 0.6) is 0 Å². The van der Waals surface area contributed by atoms with Gasteiger partial charge >= 0.3 is 0 Å². The maximum absolute atomic E-state index is 3.53. The average Bonchev–Trinajstić information content (AvgIpc) is 2.36. The van der Waals surface area contributed by atoms with Crippen LogP contribution in [0.1, 0.15) is 33.6 Å². The van der Waals surface area contributed by atoms with Crippen molar-refractivity contribution in [2.75, 3.05) is 25.0 Å². The molecule has 0 saturated carbocycles. The molecule has 1 aromatic rings. The number of rotatable bonds is 8. The van der Waals surface area contributed by atoms with Gasteiger partial charge in [0.2, 0.25) is 0 Å². The van der Waals surface area contributed by atoms with Crippen molar-refractivity contribution in [3.63, 3.8) is 0 Å². The summed E-state index contributed by atoms with van der Waals surface area (Å²) in [6, 6.07) is 11.0. The summed E-state index contributed by atoms with van der Waals surface area (Å²) in [4.78, 5) is 2.48. The Bertz CT molecular complexity index is 280. The van der Waals surface area contributed by atoms with Crippen molar-refractivity contribution in [3.8, 4) is 0 Å². The zero-order valence-corrected chi connectivity index (χ0v) is 11.4. The van der Waals surface area contributed by atoms with Crippen LogP contribution in [0, 0.1) is 0 Å². The lowest BCUT2D eigenvalue weighted by Gasteiger charge is -2.20. The monoisotopic (exact) mass is 234 g/mol. The quantitative estimate of drug-likeness (QED) is 0.739. The second-order valence-electron chi connectivity index (χ2n) is 4.58. The Kier molecular flexibility index (Phi) is 6.71. The maximum Gasteiger partial charge on any atom is 0.0342 e. The number of para-hydroxylation sites is 1. The molecule has 1 N–H and O–H groups in total. The predicted octanol–water partition coefficient (Wildman–Crippen LogP) is 3.61. The molecule has 0 aliphatic carbocycles. The number of hydrogen-bond acceptors (Lipinski definition) is 2. The molecule has 1 aromatic carbocycles. The highest BCUT2D eigenvalue weighted by Gasteiger charge is 2.03. The highest BCUT2D eigenvalue weighted by atomic mass is 15.1. The number of benzene rings is 1. The summed E-state index contributed by atoms with van der Waals surface area (Å²) >= 11 is 0. The van der Waals surface area contributed by atoms with Gasteiger partial charge in [-0.2, -0.15) is 0 Å². The summed E-state index contributed by atoms with van der Waals surface area (Å²) in [6.07, 6.45) is 2.49. The predicted molar refractivity (Wildman–Crippen MR) is 76.5 cm³/mol. The molecule has 0 spiro atoms. The van der Waals surface area contributed by atoms with Crippen molar-refractivity contribution in [3.05, 3.63) is 30.3 Å². The Morgan fingerprint density at radius 1 is 1.12 bits per heavy atom. The van der Waals surface area contributed by atoms with Crippen molar-refractivity contribution >= 4 is 5.69 Å². The van der Waals surface area contributed by atoms with Gasteiger partial charge in [0.05, 0.1) is 0 Å². The summed E-state index contributed by atoms with van der Waals surface area (Å²) in [5, 5.41) is 3.53. The molecule has 1 rings (SSSR count). The Morgan fingerprint density at radius 2 is 1.76 bits per heavy atom. The lowest BCUT2D eigenvalue weighted by atomic mass is 10.1. The van der Waals surface area contributed by atoms with E-state index >= 15 is 0 Å². The molecule has 96 valence electrons. The zero-order chi connectivity index (χ0) is 12.5. The molecule has 0 bridgehead atoms. The van der Waals surface area contributed by atoms with E-state index in [1.165, 1.54) is 25.1 Å². The second kappa shape index (κ2) is 8.13. The van der Waals surface area contributed by atoms with Crippen molar-refractivity contribution < 1.29 is 0 Å². The van der Waals surface area contributed by atoms with E-state index in [-0.39, 0.29) is 0 Å². The van der Waals surface area contributed by atoms with Crippen LogP contribution in [0.15, 0.2) is 30.3 Å². The molecule has 0 saturated heterocycles. The summed E-state index contributed by atoms with van der Waals surface area (Å²) in [6.45, 7) is 10.3. The molecular formula is C15H26N2. The first-order valence-corrected chi connectivity index (χ1v) is 6.80. The summed E-state index contributed by atoms with van der Waals surface area (Å²) in [5.41, 5.74) is 1.22. The Hall–Kier alpha value is -1.02. The Morgan fingerprint density at radius 3 is 2.35 bits per heavy atom. The van der Waals surface area contributed by atoms with Gasteiger partial charge in [-0.15, -0.1) is 0 Å². The summed E-state index contributed by atoms with van der Waals surface area (Å²) in [5.74, 6) is 0. The topological polar surface area (TPSA) is 15.3 Å². The van der Waals surface area contributed by atoms with E-state index in [1.54, 1.807) is 0 Å². The molecule has 2 nitrogen and oxygen atoms in total. The van der Waals surface area contributed by atoms with E-state index in [4.69, 9.17) is 0 Å². The minimum absolute atomic E-state index is 0.549. The number of anilines is 1. The van der Waals surface area contributed by atoms with E-state index in [2.05, 4.69) is 61.3 Å². The first-order chi connectivity index (χ1) is 8.26. The summed E-state index contributed by atoms with van der Waals surface area (Å²) in [7, 11) is 0. The van der Waals surface area contributed by atoms with E-state index in [0.29, 0.717) is 6.04 Å². The third kappa shape index (κ3) is 5.73. The number of hydrogen-bond donors (Lipinski definition) is 1. The third-order valence-electron chi connectivity index (χ3n) is 3.19. The molecule has 0 aromatic heterocycles. The minimum Gasteiger partial charge on any atom is -0.383 e. The van der Waals surface area contributed by atoms with E-state index in [9.17, 15) is 0 Å². The molecule has 0 amide bonds. The fourth-order valence-electron chi connectivity index (χ4n) is 2.05. The highest BCUT2D eigenvalue weighted by Crippen LogP contribution is 2.10. The van der Waals surface area contributed by atoms with Gasteiger partial charge in [-0.3, -0.25) is 0 Å². The largest absolute Gasteiger partial charge is 0.383 e. The van der Waals surface area contributed by atoms with Crippen LogP contribution in [0.3, 0.4) is 0 Å². The minimum atomic E-state index is 0.549. The molecule has 1 unspecified atom stereocenters. The molecule has 0 fully saturated rings. The maximum atomic E-state index is 3.53. The average molecular weight is 234 g/mol. The van der Waals surface area contributed by atoms with Gasteiger partial charge in [0.15, 0.2) is 0 Å². The zero-order valence-electron chi connectivity index (χ0n) is 11.4. The highest BCUT2D eigenvalue weighted by molar-refractivity contribution is 5.43. The summed E-state index contributed by atoms with van der Waals surface area (Å²) < 4.78 is 0.